The van der Waals surface area contributed by atoms with E-state index in [0.29, 0.717) is 18.5 Å². The zero-order valence-corrected chi connectivity index (χ0v) is 13.2. The second-order valence-electron chi connectivity index (χ2n) is 5.58. The van der Waals surface area contributed by atoms with Crippen LogP contribution in [0.4, 0.5) is 8.78 Å². The fourth-order valence-electron chi connectivity index (χ4n) is 2.75. The smallest absolute Gasteiger partial charge is 0.139 e. The predicted molar refractivity (Wildman–Crippen MR) is 86.1 cm³/mol. The van der Waals surface area contributed by atoms with E-state index >= 15 is 0 Å². The maximum absolute atomic E-state index is 13.9. The Morgan fingerprint density at radius 1 is 1.28 bits per heavy atom. The Morgan fingerprint density at radius 2 is 1.96 bits per heavy atom. The van der Waals surface area contributed by atoms with Crippen LogP contribution in [-0.4, -0.2) is 32.6 Å². The van der Waals surface area contributed by atoms with Crippen LogP contribution in [0.3, 0.4) is 0 Å². The molecule has 0 aliphatic heterocycles. The molecule has 6 nitrogen and oxygen atoms in total. The second-order valence-corrected chi connectivity index (χ2v) is 5.58. The number of nitriles is 1. The lowest BCUT2D eigenvalue weighted by atomic mass is 10.0. The summed E-state index contributed by atoms with van der Waals surface area (Å²) in [4.78, 5) is 0. The maximum atomic E-state index is 13.9. The Hall–Kier alpha value is -3.21. The number of nitrogens with zero attached hydrogens (tertiary/aromatic N) is 5. The van der Waals surface area contributed by atoms with Crippen LogP contribution >= 0.6 is 0 Å². The molecule has 1 atom stereocenters. The van der Waals surface area contributed by atoms with E-state index in [2.05, 4.69) is 16.3 Å². The lowest BCUT2D eigenvalue weighted by Gasteiger charge is -2.32. The first-order chi connectivity index (χ1) is 12.1. The minimum atomic E-state index is -0.785. The number of hydrogen-bond donors (Lipinski definition) is 1. The van der Waals surface area contributed by atoms with Crippen molar-refractivity contribution in [3.05, 3.63) is 65.8 Å². The average Bonchev–Trinajstić information content (AvgIpc) is 3.12. The molecule has 1 aliphatic rings. The molecule has 0 fully saturated rings. The summed E-state index contributed by atoms with van der Waals surface area (Å²) in [5, 5.41) is 27.6. The van der Waals surface area contributed by atoms with Gasteiger partial charge in [0.25, 0.3) is 0 Å². The number of hydrogen-bond acceptors (Lipinski definition) is 5. The van der Waals surface area contributed by atoms with E-state index < -0.39 is 17.4 Å². The van der Waals surface area contributed by atoms with Crippen LogP contribution in [0.5, 0.6) is 5.75 Å². The largest absolute Gasteiger partial charge is 0.508 e. The van der Waals surface area contributed by atoms with Gasteiger partial charge in [0.1, 0.15) is 30.0 Å². The van der Waals surface area contributed by atoms with Crippen molar-refractivity contribution in [1.82, 2.24) is 14.9 Å². The van der Waals surface area contributed by atoms with Gasteiger partial charge in [0, 0.05) is 29.8 Å². The molecule has 8 heteroatoms. The van der Waals surface area contributed by atoms with Crippen molar-refractivity contribution in [1.29, 1.82) is 5.26 Å². The first-order valence-corrected chi connectivity index (χ1v) is 7.65. The van der Waals surface area contributed by atoms with Gasteiger partial charge in [0.05, 0.1) is 12.1 Å². The quantitative estimate of drug-likeness (QED) is 0.901. The molecule has 0 saturated heterocycles. The third-order valence-corrected chi connectivity index (χ3v) is 4.01. The number of halogens is 2. The Labute approximate surface area is 142 Å². The Morgan fingerprint density at radius 3 is 2.52 bits per heavy atom. The fourth-order valence-corrected chi connectivity index (χ4v) is 2.75. The molecule has 3 rings (SSSR count). The first-order valence-electron chi connectivity index (χ1n) is 7.65. The number of phenols is 1. The SMILES string of the molecule is N#CC1=CCC(N(CCc2c(F)cc(O)cc2F)n2cnnc2)C=C1. The van der Waals surface area contributed by atoms with Gasteiger partial charge in [0.15, 0.2) is 0 Å². The van der Waals surface area contributed by atoms with Crippen molar-refractivity contribution in [2.24, 2.45) is 0 Å². The molecule has 1 heterocycles. The summed E-state index contributed by atoms with van der Waals surface area (Å²) < 4.78 is 29.5. The number of benzene rings is 1. The molecular weight excluding hydrogens is 328 g/mol. The standard InChI is InChI=1S/C17H15F2N5O/c18-16-7-14(25)8-17(19)15(16)5-6-24(23-10-21-22-11-23)13-3-1-12(9-20)2-4-13/h1-3,7-8,10-11,13,25H,4-6H2. The van der Waals surface area contributed by atoms with Gasteiger partial charge >= 0.3 is 0 Å². The third kappa shape index (κ3) is 3.66. The first kappa shape index (κ1) is 16.6. The molecule has 0 amide bonds. The third-order valence-electron chi connectivity index (χ3n) is 4.01. The molecule has 1 unspecified atom stereocenters. The average molecular weight is 343 g/mol. The highest BCUT2D eigenvalue weighted by Crippen LogP contribution is 2.21. The van der Waals surface area contributed by atoms with Crippen LogP contribution in [-0.2, 0) is 6.42 Å². The van der Waals surface area contributed by atoms with Gasteiger partial charge in [0.2, 0.25) is 0 Å². The number of phenolic OH excluding ortho intramolecular Hbond substituents is 1. The van der Waals surface area contributed by atoms with Crippen LogP contribution in [0.2, 0.25) is 0 Å². The molecule has 0 saturated carbocycles. The van der Waals surface area contributed by atoms with Crippen molar-refractivity contribution >= 4 is 0 Å². The zero-order valence-electron chi connectivity index (χ0n) is 13.2. The second kappa shape index (κ2) is 7.13. The molecule has 2 aromatic rings. The number of rotatable bonds is 5. The number of allylic oxidation sites excluding steroid dienone is 2. The van der Waals surface area contributed by atoms with E-state index in [1.165, 1.54) is 12.7 Å². The summed E-state index contributed by atoms with van der Waals surface area (Å²) in [5.74, 6) is -2.02. The molecule has 1 aromatic heterocycles. The summed E-state index contributed by atoms with van der Waals surface area (Å²) in [7, 11) is 0. The molecule has 0 radical (unpaired) electrons. The van der Waals surface area contributed by atoms with Crippen molar-refractivity contribution in [2.75, 3.05) is 11.6 Å². The lowest BCUT2D eigenvalue weighted by molar-refractivity contribution is 0.454. The van der Waals surface area contributed by atoms with Gasteiger partial charge in [-0.1, -0.05) is 12.2 Å². The van der Waals surface area contributed by atoms with Crippen LogP contribution in [0, 0.1) is 23.0 Å². The van der Waals surface area contributed by atoms with E-state index in [4.69, 9.17) is 5.26 Å². The lowest BCUT2D eigenvalue weighted by Crippen LogP contribution is -2.44. The van der Waals surface area contributed by atoms with Crippen LogP contribution in [0.15, 0.2) is 48.6 Å². The summed E-state index contributed by atoms with van der Waals surface area (Å²) in [5.41, 5.74) is 0.486. The fraction of sp³-hybridized carbons (Fsp3) is 0.235. The molecule has 0 spiro atoms. The highest BCUT2D eigenvalue weighted by molar-refractivity contribution is 5.38. The number of aromatic nitrogens is 3. The molecule has 1 aliphatic carbocycles. The normalized spacial score (nSPS) is 16.4. The topological polar surface area (TPSA) is 78.0 Å². The van der Waals surface area contributed by atoms with Crippen molar-refractivity contribution in [3.8, 4) is 11.8 Å². The van der Waals surface area contributed by atoms with Gasteiger partial charge in [-0.2, -0.15) is 5.26 Å². The van der Waals surface area contributed by atoms with Gasteiger partial charge in [-0.05, 0) is 18.9 Å². The van der Waals surface area contributed by atoms with Gasteiger partial charge in [-0.25, -0.2) is 13.5 Å². The van der Waals surface area contributed by atoms with E-state index in [1.54, 1.807) is 10.8 Å². The highest BCUT2D eigenvalue weighted by atomic mass is 19.1. The molecule has 1 aromatic carbocycles. The molecule has 25 heavy (non-hydrogen) atoms. The van der Waals surface area contributed by atoms with E-state index in [0.717, 1.165) is 12.1 Å². The number of aromatic hydroxyl groups is 1. The summed E-state index contributed by atoms with van der Waals surface area (Å²) in [6.07, 6.45) is 9.06. The Bertz CT molecular complexity index is 831. The monoisotopic (exact) mass is 343 g/mol. The zero-order chi connectivity index (χ0) is 17.8. The molecule has 1 N–H and O–H groups in total. The van der Waals surface area contributed by atoms with Crippen LogP contribution in [0.1, 0.15) is 12.0 Å². The summed E-state index contributed by atoms with van der Waals surface area (Å²) in [6.45, 7) is 0.293. The maximum Gasteiger partial charge on any atom is 0.139 e. The Balaban J connectivity index is 1.80. The summed E-state index contributed by atoms with van der Waals surface area (Å²) >= 11 is 0. The van der Waals surface area contributed by atoms with Crippen molar-refractivity contribution in [3.63, 3.8) is 0 Å². The minimum Gasteiger partial charge on any atom is -0.508 e. The van der Waals surface area contributed by atoms with E-state index in [9.17, 15) is 13.9 Å². The van der Waals surface area contributed by atoms with Crippen molar-refractivity contribution < 1.29 is 13.9 Å². The van der Waals surface area contributed by atoms with Gasteiger partial charge in [-0.15, -0.1) is 10.2 Å². The summed E-state index contributed by atoms with van der Waals surface area (Å²) in [6, 6.07) is 3.76. The van der Waals surface area contributed by atoms with E-state index in [1.807, 2.05) is 17.2 Å². The van der Waals surface area contributed by atoms with Gasteiger partial charge in [-0.3, -0.25) is 0 Å². The molecule has 0 bridgehead atoms. The van der Waals surface area contributed by atoms with Crippen molar-refractivity contribution in [2.45, 2.75) is 18.9 Å². The Kier molecular flexibility index (Phi) is 4.75. The van der Waals surface area contributed by atoms with Crippen LogP contribution < -0.4 is 5.01 Å². The van der Waals surface area contributed by atoms with Gasteiger partial charge < -0.3 is 10.1 Å². The van der Waals surface area contributed by atoms with E-state index in [-0.39, 0.29) is 18.0 Å². The highest BCUT2D eigenvalue weighted by Gasteiger charge is 2.20. The van der Waals surface area contributed by atoms with Crippen LogP contribution in [0.25, 0.3) is 0 Å². The molecule has 128 valence electrons. The predicted octanol–water partition coefficient (Wildman–Crippen LogP) is 2.22. The molecular formula is C17H15F2N5O. The minimum absolute atomic E-state index is 0.0925.